The van der Waals surface area contributed by atoms with Crippen LogP contribution in [0.4, 0.5) is 0 Å². The van der Waals surface area contributed by atoms with Crippen LogP contribution in [0.15, 0.2) is 48.5 Å². The fourth-order valence-electron chi connectivity index (χ4n) is 4.95. The second-order valence-electron chi connectivity index (χ2n) is 10.2. The highest BCUT2D eigenvalue weighted by molar-refractivity contribution is 5.91. The number of rotatable bonds is 13. The molecule has 0 spiro atoms. The van der Waals surface area contributed by atoms with Crippen LogP contribution < -0.4 is 9.47 Å². The SMILES string of the molecule is CCCCC[C@H]1CC[C@H](c2ccc(OC(=O)c3ccc(OCCC[C@@H](C)CC)cc3)cc2)CC1. The highest BCUT2D eigenvalue weighted by atomic mass is 16.5. The summed E-state index contributed by atoms with van der Waals surface area (Å²) in [6.45, 7) is 7.48. The van der Waals surface area contributed by atoms with Gasteiger partial charge in [0.1, 0.15) is 11.5 Å². The maximum absolute atomic E-state index is 12.6. The first-order chi connectivity index (χ1) is 16.6. The van der Waals surface area contributed by atoms with E-state index in [-0.39, 0.29) is 5.97 Å². The van der Waals surface area contributed by atoms with Crippen molar-refractivity contribution < 1.29 is 14.3 Å². The van der Waals surface area contributed by atoms with Crippen molar-refractivity contribution in [3.8, 4) is 11.5 Å². The van der Waals surface area contributed by atoms with Crippen molar-refractivity contribution in [3.05, 3.63) is 59.7 Å². The lowest BCUT2D eigenvalue weighted by atomic mass is 9.77. The van der Waals surface area contributed by atoms with Crippen LogP contribution in [0.2, 0.25) is 0 Å². The third-order valence-corrected chi connectivity index (χ3v) is 7.52. The van der Waals surface area contributed by atoms with E-state index in [1.807, 2.05) is 24.3 Å². The van der Waals surface area contributed by atoms with Gasteiger partial charge in [0.2, 0.25) is 0 Å². The highest BCUT2D eigenvalue weighted by Gasteiger charge is 2.22. The zero-order valence-corrected chi connectivity index (χ0v) is 21.6. The predicted octanol–water partition coefficient (Wildman–Crippen LogP) is 8.97. The fraction of sp³-hybridized carbons (Fsp3) is 0.581. The van der Waals surface area contributed by atoms with Gasteiger partial charge in [0.15, 0.2) is 0 Å². The van der Waals surface area contributed by atoms with Gasteiger partial charge in [-0.05, 0) is 98.2 Å². The molecule has 0 N–H and O–H groups in total. The number of hydrogen-bond acceptors (Lipinski definition) is 3. The summed E-state index contributed by atoms with van der Waals surface area (Å²) >= 11 is 0. The molecule has 0 radical (unpaired) electrons. The van der Waals surface area contributed by atoms with Crippen LogP contribution in [0.5, 0.6) is 11.5 Å². The van der Waals surface area contributed by atoms with E-state index in [4.69, 9.17) is 9.47 Å². The molecule has 1 aliphatic carbocycles. The van der Waals surface area contributed by atoms with Gasteiger partial charge in [0, 0.05) is 0 Å². The molecule has 1 atom stereocenters. The second kappa shape index (κ2) is 14.2. The molecule has 3 nitrogen and oxygen atoms in total. The van der Waals surface area contributed by atoms with E-state index in [2.05, 4.69) is 32.9 Å². The minimum Gasteiger partial charge on any atom is -0.494 e. The van der Waals surface area contributed by atoms with Crippen molar-refractivity contribution in [2.75, 3.05) is 6.61 Å². The zero-order valence-electron chi connectivity index (χ0n) is 21.6. The average Bonchev–Trinajstić information content (AvgIpc) is 2.88. The third kappa shape index (κ3) is 8.49. The number of carbonyl (C=O) groups is 1. The normalized spacial score (nSPS) is 18.9. The molecule has 2 aromatic carbocycles. The van der Waals surface area contributed by atoms with Gasteiger partial charge in [0.25, 0.3) is 0 Å². The molecule has 0 unspecified atom stereocenters. The van der Waals surface area contributed by atoms with E-state index in [0.717, 1.165) is 24.0 Å². The maximum atomic E-state index is 12.6. The Balaban J connectivity index is 1.42. The van der Waals surface area contributed by atoms with Crippen molar-refractivity contribution in [1.82, 2.24) is 0 Å². The molecule has 0 aliphatic heterocycles. The lowest BCUT2D eigenvalue weighted by Crippen LogP contribution is -2.13. The van der Waals surface area contributed by atoms with Gasteiger partial charge in [-0.15, -0.1) is 0 Å². The van der Waals surface area contributed by atoms with Crippen molar-refractivity contribution in [1.29, 1.82) is 0 Å². The Morgan fingerprint density at radius 1 is 0.882 bits per heavy atom. The van der Waals surface area contributed by atoms with Gasteiger partial charge >= 0.3 is 5.97 Å². The summed E-state index contributed by atoms with van der Waals surface area (Å²) < 4.78 is 11.4. The van der Waals surface area contributed by atoms with E-state index < -0.39 is 0 Å². The zero-order chi connectivity index (χ0) is 24.2. The molecule has 186 valence electrons. The molecular formula is C31H44O3. The average molecular weight is 465 g/mol. The molecule has 2 aromatic rings. The van der Waals surface area contributed by atoms with Crippen molar-refractivity contribution in [3.63, 3.8) is 0 Å². The van der Waals surface area contributed by atoms with Gasteiger partial charge in [-0.1, -0.05) is 65.0 Å². The standard InChI is InChI=1S/C31H44O3/c1-4-6-7-10-25-11-13-26(14-12-25)27-15-21-30(22-16-27)34-31(32)28-17-19-29(20-18-28)33-23-8-9-24(3)5-2/h15-22,24-26H,4-14,23H2,1-3H3/t24-,25-,26-/m0/s1. The van der Waals surface area contributed by atoms with E-state index >= 15 is 0 Å². The number of ether oxygens (including phenoxy) is 2. The molecule has 3 heteroatoms. The van der Waals surface area contributed by atoms with Crippen LogP contribution in [0.25, 0.3) is 0 Å². The number of unbranched alkanes of at least 4 members (excludes halogenated alkanes) is 2. The van der Waals surface area contributed by atoms with Crippen LogP contribution in [-0.2, 0) is 0 Å². The summed E-state index contributed by atoms with van der Waals surface area (Å²) in [5.74, 6) is 3.38. The highest BCUT2D eigenvalue weighted by Crippen LogP contribution is 2.38. The van der Waals surface area contributed by atoms with Gasteiger partial charge in [-0.2, -0.15) is 0 Å². The van der Waals surface area contributed by atoms with Crippen LogP contribution in [-0.4, -0.2) is 12.6 Å². The Hall–Kier alpha value is -2.29. The molecular weight excluding hydrogens is 420 g/mol. The molecule has 1 aliphatic rings. The molecule has 1 saturated carbocycles. The van der Waals surface area contributed by atoms with Crippen LogP contribution in [0, 0.1) is 11.8 Å². The Labute approximate surface area is 207 Å². The lowest BCUT2D eigenvalue weighted by molar-refractivity contribution is 0.0734. The van der Waals surface area contributed by atoms with Crippen molar-refractivity contribution in [2.45, 2.75) is 97.3 Å². The summed E-state index contributed by atoms with van der Waals surface area (Å²) in [6.07, 6.45) is 14.2. The van der Waals surface area contributed by atoms with E-state index in [0.29, 0.717) is 23.8 Å². The fourth-order valence-corrected chi connectivity index (χ4v) is 4.95. The summed E-state index contributed by atoms with van der Waals surface area (Å²) in [7, 11) is 0. The molecule has 0 bridgehead atoms. The van der Waals surface area contributed by atoms with E-state index in [9.17, 15) is 4.79 Å². The summed E-state index contributed by atoms with van der Waals surface area (Å²) in [6, 6.07) is 15.4. The number of esters is 1. The summed E-state index contributed by atoms with van der Waals surface area (Å²) in [4.78, 5) is 12.6. The monoisotopic (exact) mass is 464 g/mol. The van der Waals surface area contributed by atoms with E-state index in [1.54, 1.807) is 12.1 Å². The predicted molar refractivity (Wildman–Crippen MR) is 141 cm³/mol. The Kier molecular flexibility index (Phi) is 11.0. The Bertz CT molecular complexity index is 832. The number of hydrogen-bond donors (Lipinski definition) is 0. The van der Waals surface area contributed by atoms with Crippen molar-refractivity contribution >= 4 is 5.97 Å². The summed E-state index contributed by atoms with van der Waals surface area (Å²) in [5.41, 5.74) is 1.92. The summed E-state index contributed by atoms with van der Waals surface area (Å²) in [5, 5.41) is 0. The van der Waals surface area contributed by atoms with Crippen LogP contribution in [0.1, 0.15) is 113 Å². The minimum atomic E-state index is -0.330. The number of benzene rings is 2. The topological polar surface area (TPSA) is 35.5 Å². The first kappa shape index (κ1) is 26.3. The van der Waals surface area contributed by atoms with Gasteiger partial charge in [-0.25, -0.2) is 4.79 Å². The van der Waals surface area contributed by atoms with Crippen LogP contribution in [0.3, 0.4) is 0 Å². The van der Waals surface area contributed by atoms with Crippen LogP contribution >= 0.6 is 0 Å². The molecule has 1 fully saturated rings. The minimum absolute atomic E-state index is 0.330. The van der Waals surface area contributed by atoms with Crippen molar-refractivity contribution in [2.24, 2.45) is 11.8 Å². The maximum Gasteiger partial charge on any atom is 0.343 e. The first-order valence-corrected chi connectivity index (χ1v) is 13.6. The van der Waals surface area contributed by atoms with Gasteiger partial charge in [0.05, 0.1) is 12.2 Å². The van der Waals surface area contributed by atoms with E-state index in [1.165, 1.54) is 69.8 Å². The molecule has 0 saturated heterocycles. The lowest BCUT2D eigenvalue weighted by Gasteiger charge is -2.29. The Morgan fingerprint density at radius 2 is 1.56 bits per heavy atom. The molecule has 0 heterocycles. The molecule has 0 aromatic heterocycles. The smallest absolute Gasteiger partial charge is 0.343 e. The second-order valence-corrected chi connectivity index (χ2v) is 10.2. The first-order valence-electron chi connectivity index (χ1n) is 13.6. The quantitative estimate of drug-likeness (QED) is 0.168. The van der Waals surface area contributed by atoms with Gasteiger partial charge in [-0.3, -0.25) is 0 Å². The molecule has 0 amide bonds. The van der Waals surface area contributed by atoms with Gasteiger partial charge < -0.3 is 9.47 Å². The Morgan fingerprint density at radius 3 is 2.21 bits per heavy atom. The third-order valence-electron chi connectivity index (χ3n) is 7.52. The number of carbonyl (C=O) groups excluding carboxylic acids is 1. The molecule has 3 rings (SSSR count). The molecule has 34 heavy (non-hydrogen) atoms. The largest absolute Gasteiger partial charge is 0.494 e.